The van der Waals surface area contributed by atoms with Gasteiger partial charge in [0, 0.05) is 44.5 Å². The van der Waals surface area contributed by atoms with Gasteiger partial charge in [0.1, 0.15) is 5.82 Å². The second kappa shape index (κ2) is 7.12. The van der Waals surface area contributed by atoms with E-state index in [1.807, 2.05) is 19.3 Å². The van der Waals surface area contributed by atoms with Gasteiger partial charge in [0.25, 0.3) is 0 Å². The zero-order chi connectivity index (χ0) is 12.8. The van der Waals surface area contributed by atoms with Gasteiger partial charge in [0.15, 0.2) is 0 Å². The lowest BCUT2D eigenvalue weighted by Gasteiger charge is -2.31. The van der Waals surface area contributed by atoms with Crippen LogP contribution in [0.5, 0.6) is 0 Å². The molecule has 0 N–H and O–H groups in total. The lowest BCUT2D eigenvalue weighted by Crippen LogP contribution is -2.38. The summed E-state index contributed by atoms with van der Waals surface area (Å²) >= 11 is 5.63. The van der Waals surface area contributed by atoms with Gasteiger partial charge in [-0.15, -0.1) is 11.6 Å². The third kappa shape index (κ3) is 3.97. The summed E-state index contributed by atoms with van der Waals surface area (Å²) < 4.78 is 7.88. The van der Waals surface area contributed by atoms with Crippen LogP contribution in [0.3, 0.4) is 0 Å². The van der Waals surface area contributed by atoms with Crippen LogP contribution < -0.4 is 0 Å². The third-order valence-corrected chi connectivity index (χ3v) is 3.70. The fourth-order valence-corrected chi connectivity index (χ4v) is 2.49. The molecule has 102 valence electrons. The minimum atomic E-state index is 0.412. The van der Waals surface area contributed by atoms with Gasteiger partial charge in [0.2, 0.25) is 0 Å². The van der Waals surface area contributed by atoms with Crippen LogP contribution in [0.25, 0.3) is 0 Å². The molecule has 2 heterocycles. The van der Waals surface area contributed by atoms with Crippen LogP contribution >= 0.6 is 11.6 Å². The number of hydrogen-bond donors (Lipinski definition) is 0. The van der Waals surface area contributed by atoms with Crippen molar-refractivity contribution in [2.45, 2.75) is 32.4 Å². The average Bonchev–Trinajstić information content (AvgIpc) is 2.81. The summed E-state index contributed by atoms with van der Waals surface area (Å²) in [7, 11) is 0. The predicted octanol–water partition coefficient (Wildman–Crippen LogP) is 1.91. The van der Waals surface area contributed by atoms with Crippen LogP contribution in [0.4, 0.5) is 0 Å². The molecule has 1 fully saturated rings. The molecule has 1 aliphatic rings. The lowest BCUT2D eigenvalue weighted by molar-refractivity contribution is 0.0146. The maximum Gasteiger partial charge on any atom is 0.105 e. The number of imidazole rings is 1. The van der Waals surface area contributed by atoms with Crippen molar-refractivity contribution >= 4 is 11.6 Å². The van der Waals surface area contributed by atoms with Gasteiger partial charge in [-0.25, -0.2) is 4.98 Å². The van der Waals surface area contributed by atoms with Crippen LogP contribution in [0.15, 0.2) is 12.4 Å². The van der Waals surface area contributed by atoms with Gasteiger partial charge in [0.05, 0.1) is 12.7 Å². The molecule has 1 saturated heterocycles. The number of aryl methyl sites for hydroxylation is 1. The van der Waals surface area contributed by atoms with Crippen molar-refractivity contribution in [2.75, 3.05) is 32.1 Å². The van der Waals surface area contributed by atoms with E-state index >= 15 is 0 Å². The van der Waals surface area contributed by atoms with Gasteiger partial charge >= 0.3 is 0 Å². The molecular weight excluding hydrogens is 250 g/mol. The lowest BCUT2D eigenvalue weighted by atomic mass is 10.1. The van der Waals surface area contributed by atoms with Crippen LogP contribution in [0, 0.1) is 6.92 Å². The Labute approximate surface area is 114 Å². The van der Waals surface area contributed by atoms with Crippen molar-refractivity contribution < 1.29 is 4.74 Å². The zero-order valence-corrected chi connectivity index (χ0v) is 11.8. The van der Waals surface area contributed by atoms with Crippen molar-refractivity contribution in [3.63, 3.8) is 0 Å². The average molecular weight is 272 g/mol. The number of ether oxygens (including phenoxy) is 1. The standard InChI is InChI=1S/C13H22ClN3O/c1-12-15-5-8-17(12)10-9-16-6-2-13(3-7-16)18-11-4-14/h5,8,13H,2-4,6-7,9-11H2,1H3. The molecule has 0 bridgehead atoms. The maximum atomic E-state index is 5.68. The summed E-state index contributed by atoms with van der Waals surface area (Å²) in [5.74, 6) is 1.69. The number of halogens is 1. The highest BCUT2D eigenvalue weighted by Gasteiger charge is 2.19. The highest BCUT2D eigenvalue weighted by atomic mass is 35.5. The van der Waals surface area contributed by atoms with E-state index < -0.39 is 0 Å². The topological polar surface area (TPSA) is 30.3 Å². The molecule has 5 heteroatoms. The Balaban J connectivity index is 1.66. The maximum absolute atomic E-state index is 5.68. The van der Waals surface area contributed by atoms with Crippen LogP contribution in [0.1, 0.15) is 18.7 Å². The van der Waals surface area contributed by atoms with Gasteiger partial charge in [-0.05, 0) is 19.8 Å². The number of aromatic nitrogens is 2. The minimum Gasteiger partial charge on any atom is -0.377 e. The molecule has 0 atom stereocenters. The molecule has 18 heavy (non-hydrogen) atoms. The summed E-state index contributed by atoms with van der Waals surface area (Å²) in [6.45, 7) is 7.10. The van der Waals surface area contributed by atoms with E-state index in [-0.39, 0.29) is 0 Å². The van der Waals surface area contributed by atoms with Crippen LogP contribution in [-0.4, -0.2) is 52.7 Å². The van der Waals surface area contributed by atoms with Gasteiger partial charge < -0.3 is 14.2 Å². The molecule has 4 nitrogen and oxygen atoms in total. The van der Waals surface area contributed by atoms with E-state index in [0.717, 1.165) is 44.8 Å². The number of alkyl halides is 1. The molecule has 0 aromatic carbocycles. The fourth-order valence-electron chi connectivity index (χ4n) is 2.40. The van der Waals surface area contributed by atoms with E-state index in [1.54, 1.807) is 0 Å². The smallest absolute Gasteiger partial charge is 0.105 e. The van der Waals surface area contributed by atoms with Crippen molar-refractivity contribution in [3.05, 3.63) is 18.2 Å². The Bertz CT molecular complexity index is 348. The first kappa shape index (κ1) is 13.8. The van der Waals surface area contributed by atoms with Crippen LogP contribution in [0.2, 0.25) is 0 Å². The number of piperidine rings is 1. The molecule has 1 aromatic rings. The third-order valence-electron chi connectivity index (χ3n) is 3.55. The number of rotatable bonds is 6. The summed E-state index contributed by atoms with van der Waals surface area (Å²) in [4.78, 5) is 6.74. The van der Waals surface area contributed by atoms with Gasteiger partial charge in [-0.3, -0.25) is 0 Å². The fraction of sp³-hybridized carbons (Fsp3) is 0.769. The van der Waals surface area contributed by atoms with E-state index in [4.69, 9.17) is 16.3 Å². The molecule has 0 saturated carbocycles. The van der Waals surface area contributed by atoms with Crippen LogP contribution in [-0.2, 0) is 11.3 Å². The second-order valence-corrected chi connectivity index (χ2v) is 5.15. The minimum absolute atomic E-state index is 0.412. The van der Waals surface area contributed by atoms with Crippen molar-refractivity contribution in [2.24, 2.45) is 0 Å². The van der Waals surface area contributed by atoms with E-state index in [2.05, 4.69) is 14.5 Å². The largest absolute Gasteiger partial charge is 0.377 e. The molecule has 0 radical (unpaired) electrons. The molecule has 0 spiro atoms. The molecule has 2 rings (SSSR count). The molecule has 0 unspecified atom stereocenters. The molecule has 1 aliphatic heterocycles. The normalized spacial score (nSPS) is 18.3. The highest BCUT2D eigenvalue weighted by Crippen LogP contribution is 2.13. The Morgan fingerprint density at radius 2 is 2.17 bits per heavy atom. The summed E-state index contributed by atoms with van der Waals surface area (Å²) in [6.07, 6.45) is 6.57. The monoisotopic (exact) mass is 271 g/mol. The first-order valence-corrected chi connectivity index (χ1v) is 7.20. The summed E-state index contributed by atoms with van der Waals surface area (Å²) in [5, 5.41) is 0. The van der Waals surface area contributed by atoms with E-state index in [0.29, 0.717) is 18.6 Å². The Kier molecular flexibility index (Phi) is 5.47. The van der Waals surface area contributed by atoms with E-state index in [1.165, 1.54) is 0 Å². The van der Waals surface area contributed by atoms with Crippen molar-refractivity contribution in [3.8, 4) is 0 Å². The van der Waals surface area contributed by atoms with Crippen molar-refractivity contribution in [1.82, 2.24) is 14.5 Å². The quantitative estimate of drug-likeness (QED) is 0.741. The number of likely N-dealkylation sites (tertiary alicyclic amines) is 1. The Hall–Kier alpha value is -0.580. The van der Waals surface area contributed by atoms with E-state index in [9.17, 15) is 0 Å². The Morgan fingerprint density at radius 1 is 1.39 bits per heavy atom. The zero-order valence-electron chi connectivity index (χ0n) is 11.0. The number of nitrogens with zero attached hydrogens (tertiary/aromatic N) is 3. The van der Waals surface area contributed by atoms with Gasteiger partial charge in [-0.1, -0.05) is 0 Å². The molecular formula is C13H22ClN3O. The number of hydrogen-bond acceptors (Lipinski definition) is 3. The first-order valence-electron chi connectivity index (χ1n) is 6.67. The Morgan fingerprint density at radius 3 is 2.78 bits per heavy atom. The molecule has 0 amide bonds. The molecule has 1 aromatic heterocycles. The highest BCUT2D eigenvalue weighted by molar-refractivity contribution is 6.17. The first-order chi connectivity index (χ1) is 8.79. The van der Waals surface area contributed by atoms with Gasteiger partial charge in [-0.2, -0.15) is 0 Å². The van der Waals surface area contributed by atoms with Crippen molar-refractivity contribution in [1.29, 1.82) is 0 Å². The summed E-state index contributed by atoms with van der Waals surface area (Å²) in [6, 6.07) is 0. The second-order valence-electron chi connectivity index (χ2n) is 4.77. The SMILES string of the molecule is Cc1nccn1CCN1CCC(OCCCl)CC1. The molecule has 0 aliphatic carbocycles. The predicted molar refractivity (Wildman–Crippen MR) is 73.1 cm³/mol. The summed E-state index contributed by atoms with van der Waals surface area (Å²) in [5.41, 5.74) is 0.